The highest BCUT2D eigenvalue weighted by molar-refractivity contribution is 6.29. The average molecular weight is 416 g/mol. The van der Waals surface area contributed by atoms with Crippen LogP contribution in [0.1, 0.15) is 27.0 Å². The Morgan fingerprint density at radius 1 is 1.10 bits per heavy atom. The van der Waals surface area contributed by atoms with Gasteiger partial charge in [-0.1, -0.05) is 29.8 Å². The van der Waals surface area contributed by atoms with E-state index in [2.05, 4.69) is 4.98 Å². The van der Waals surface area contributed by atoms with E-state index in [9.17, 15) is 18.0 Å². The third-order valence-corrected chi connectivity index (χ3v) is 4.32. The van der Waals surface area contributed by atoms with Crippen molar-refractivity contribution < 1.29 is 18.0 Å². The Balaban J connectivity index is 2.05. The molecule has 1 aromatic heterocycles. The zero-order valence-electron chi connectivity index (χ0n) is 14.8. The van der Waals surface area contributed by atoms with Crippen molar-refractivity contribution in [3.05, 3.63) is 94.3 Å². The predicted molar refractivity (Wildman–Crippen MR) is 102 cm³/mol. The van der Waals surface area contributed by atoms with Gasteiger partial charge in [0, 0.05) is 17.4 Å². The van der Waals surface area contributed by atoms with Gasteiger partial charge in [-0.2, -0.15) is 18.4 Å². The summed E-state index contributed by atoms with van der Waals surface area (Å²) >= 11 is 5.78. The number of rotatable bonds is 4. The second-order valence-corrected chi connectivity index (χ2v) is 6.51. The van der Waals surface area contributed by atoms with E-state index in [0.717, 1.165) is 12.1 Å². The molecular formula is C21H13ClF3N3O. The van der Waals surface area contributed by atoms with Gasteiger partial charge in [0.15, 0.2) is 0 Å². The molecule has 3 aromatic rings. The molecule has 0 aliphatic rings. The average Bonchev–Trinajstić information content (AvgIpc) is 2.72. The lowest BCUT2D eigenvalue weighted by Crippen LogP contribution is -2.30. The molecule has 0 bridgehead atoms. The van der Waals surface area contributed by atoms with Crippen molar-refractivity contribution in [2.45, 2.75) is 12.7 Å². The van der Waals surface area contributed by atoms with E-state index in [0.29, 0.717) is 5.56 Å². The molecule has 0 radical (unpaired) electrons. The largest absolute Gasteiger partial charge is 0.416 e. The van der Waals surface area contributed by atoms with E-state index >= 15 is 0 Å². The van der Waals surface area contributed by atoms with Crippen molar-refractivity contribution in [2.75, 3.05) is 4.90 Å². The lowest BCUT2D eigenvalue weighted by atomic mass is 10.1. The van der Waals surface area contributed by atoms with Crippen molar-refractivity contribution in [2.24, 2.45) is 0 Å². The van der Waals surface area contributed by atoms with Crippen molar-refractivity contribution >= 4 is 23.2 Å². The number of alkyl halides is 3. The molecular weight excluding hydrogens is 403 g/mol. The summed E-state index contributed by atoms with van der Waals surface area (Å²) < 4.78 is 39.5. The van der Waals surface area contributed by atoms with Crippen LogP contribution in [-0.2, 0) is 12.7 Å². The minimum absolute atomic E-state index is 0.0267. The van der Waals surface area contributed by atoms with Crippen molar-refractivity contribution in [1.82, 2.24) is 4.98 Å². The minimum atomic E-state index is -4.55. The number of pyridine rings is 1. The number of hydrogen-bond donors (Lipinski definition) is 0. The minimum Gasteiger partial charge on any atom is -0.304 e. The van der Waals surface area contributed by atoms with Crippen LogP contribution < -0.4 is 4.90 Å². The van der Waals surface area contributed by atoms with E-state index < -0.39 is 17.6 Å². The molecule has 0 unspecified atom stereocenters. The number of halogens is 4. The third-order valence-electron chi connectivity index (χ3n) is 4.10. The van der Waals surface area contributed by atoms with Crippen LogP contribution in [0.3, 0.4) is 0 Å². The third kappa shape index (κ3) is 4.92. The van der Waals surface area contributed by atoms with E-state index in [1.54, 1.807) is 12.1 Å². The maximum absolute atomic E-state index is 13.2. The number of anilines is 1. The number of carbonyl (C=O) groups is 1. The standard InChI is InChI=1S/C21H13ClF3N3O/c22-19-8-7-15(12-27-19)13-28(18-6-2-5-17(10-18)21(23,24)25)20(29)16-4-1-3-14(9-16)11-26/h1-10,12H,13H2. The number of carbonyl (C=O) groups excluding carboxylic acids is 1. The fraction of sp³-hybridized carbons (Fsp3) is 0.0952. The molecule has 2 aromatic carbocycles. The smallest absolute Gasteiger partial charge is 0.304 e. The SMILES string of the molecule is N#Cc1cccc(C(=O)N(Cc2ccc(Cl)nc2)c2cccc(C(F)(F)F)c2)c1. The zero-order chi connectivity index (χ0) is 21.0. The summed E-state index contributed by atoms with van der Waals surface area (Å²) in [5, 5.41) is 9.32. The highest BCUT2D eigenvalue weighted by Crippen LogP contribution is 2.32. The molecule has 8 heteroatoms. The maximum atomic E-state index is 13.2. The van der Waals surface area contributed by atoms with Gasteiger partial charge in [0.05, 0.1) is 23.7 Å². The molecule has 0 aliphatic heterocycles. The van der Waals surface area contributed by atoms with Crippen LogP contribution in [0.5, 0.6) is 0 Å². The van der Waals surface area contributed by atoms with Crippen molar-refractivity contribution in [3.8, 4) is 6.07 Å². The Kier molecular flexibility index (Phi) is 5.85. The van der Waals surface area contributed by atoms with Crippen LogP contribution >= 0.6 is 11.6 Å². The van der Waals surface area contributed by atoms with Crippen LogP contribution in [0.4, 0.5) is 18.9 Å². The predicted octanol–water partition coefficient (Wildman–Crippen LogP) is 5.47. The van der Waals surface area contributed by atoms with Gasteiger partial charge in [-0.15, -0.1) is 0 Å². The molecule has 146 valence electrons. The highest BCUT2D eigenvalue weighted by atomic mass is 35.5. The number of amides is 1. The second-order valence-electron chi connectivity index (χ2n) is 6.12. The van der Waals surface area contributed by atoms with E-state index in [-0.39, 0.29) is 28.5 Å². The molecule has 29 heavy (non-hydrogen) atoms. The van der Waals surface area contributed by atoms with Gasteiger partial charge >= 0.3 is 6.18 Å². The number of benzene rings is 2. The van der Waals surface area contributed by atoms with E-state index in [1.807, 2.05) is 6.07 Å². The van der Waals surface area contributed by atoms with E-state index in [4.69, 9.17) is 16.9 Å². The number of hydrogen-bond acceptors (Lipinski definition) is 3. The summed E-state index contributed by atoms with van der Waals surface area (Å²) in [6, 6.07) is 15.6. The first kappa shape index (κ1) is 20.4. The Hall–Kier alpha value is -3.37. The quantitative estimate of drug-likeness (QED) is 0.531. The van der Waals surface area contributed by atoms with Gasteiger partial charge < -0.3 is 4.90 Å². The first-order chi connectivity index (χ1) is 13.8. The van der Waals surface area contributed by atoms with Crippen LogP contribution in [0, 0.1) is 11.3 Å². The summed E-state index contributed by atoms with van der Waals surface area (Å²) in [4.78, 5) is 18.3. The molecule has 0 atom stereocenters. The Morgan fingerprint density at radius 2 is 1.86 bits per heavy atom. The number of nitrogens with zero attached hydrogens (tertiary/aromatic N) is 3. The van der Waals surface area contributed by atoms with Gasteiger partial charge in [-0.05, 0) is 48.0 Å². The van der Waals surface area contributed by atoms with Gasteiger partial charge in [0.1, 0.15) is 5.15 Å². The van der Waals surface area contributed by atoms with Gasteiger partial charge in [-0.25, -0.2) is 4.98 Å². The highest BCUT2D eigenvalue weighted by Gasteiger charge is 2.31. The first-order valence-corrected chi connectivity index (χ1v) is 8.75. The summed E-state index contributed by atoms with van der Waals surface area (Å²) in [7, 11) is 0. The lowest BCUT2D eigenvalue weighted by Gasteiger charge is -2.24. The number of aromatic nitrogens is 1. The number of nitriles is 1. The second kappa shape index (κ2) is 8.33. The van der Waals surface area contributed by atoms with E-state index in [1.165, 1.54) is 47.5 Å². The topological polar surface area (TPSA) is 57.0 Å². The fourth-order valence-electron chi connectivity index (χ4n) is 2.69. The zero-order valence-corrected chi connectivity index (χ0v) is 15.6. The normalized spacial score (nSPS) is 11.0. The molecule has 0 spiro atoms. The molecule has 1 amide bonds. The van der Waals surface area contributed by atoms with Crippen molar-refractivity contribution in [3.63, 3.8) is 0 Å². The van der Waals surface area contributed by atoms with Crippen LogP contribution in [0.15, 0.2) is 66.9 Å². The first-order valence-electron chi connectivity index (χ1n) is 8.37. The van der Waals surface area contributed by atoms with Crippen LogP contribution in [0.2, 0.25) is 5.15 Å². The van der Waals surface area contributed by atoms with Crippen LogP contribution in [0.25, 0.3) is 0 Å². The molecule has 1 heterocycles. The Labute approximate surface area is 169 Å². The monoisotopic (exact) mass is 415 g/mol. The van der Waals surface area contributed by atoms with Gasteiger partial charge in [0.2, 0.25) is 0 Å². The molecule has 0 N–H and O–H groups in total. The van der Waals surface area contributed by atoms with Crippen LogP contribution in [-0.4, -0.2) is 10.9 Å². The summed E-state index contributed by atoms with van der Waals surface area (Å²) in [6.45, 7) is -0.0267. The fourth-order valence-corrected chi connectivity index (χ4v) is 2.80. The summed E-state index contributed by atoms with van der Waals surface area (Å²) in [6.07, 6.45) is -3.10. The summed E-state index contributed by atoms with van der Waals surface area (Å²) in [5.41, 5.74) is 0.239. The lowest BCUT2D eigenvalue weighted by molar-refractivity contribution is -0.137. The van der Waals surface area contributed by atoms with Gasteiger partial charge in [0.25, 0.3) is 5.91 Å². The molecule has 3 rings (SSSR count). The van der Waals surface area contributed by atoms with Gasteiger partial charge in [-0.3, -0.25) is 4.79 Å². The molecule has 4 nitrogen and oxygen atoms in total. The van der Waals surface area contributed by atoms with Crippen molar-refractivity contribution in [1.29, 1.82) is 5.26 Å². The molecule has 0 saturated heterocycles. The Morgan fingerprint density at radius 3 is 2.52 bits per heavy atom. The molecule has 0 fully saturated rings. The molecule has 0 saturated carbocycles. The summed E-state index contributed by atoms with van der Waals surface area (Å²) in [5.74, 6) is -0.545. The Bertz CT molecular complexity index is 1080. The maximum Gasteiger partial charge on any atom is 0.416 e. The molecule has 0 aliphatic carbocycles.